The van der Waals surface area contributed by atoms with Crippen LogP contribution in [-0.2, 0) is 13.0 Å². The van der Waals surface area contributed by atoms with Gasteiger partial charge in [0.25, 0.3) is 0 Å². The summed E-state index contributed by atoms with van der Waals surface area (Å²) in [5, 5.41) is 13.3. The van der Waals surface area contributed by atoms with Crippen molar-refractivity contribution >= 4 is 0 Å². The standard InChI is InChI=1S/C17H16F3NO2/c18-13-7-10(5-6-15(13)23-17(19)20)9-21-16-12-4-2-1-3-11(12)8-14(16)22/h1-7,14,16-17,21-22H,8-9H2/t14-,16+/m1/s1. The van der Waals surface area contributed by atoms with E-state index in [1.807, 2.05) is 24.3 Å². The number of hydrogen-bond donors (Lipinski definition) is 2. The summed E-state index contributed by atoms with van der Waals surface area (Å²) in [5.74, 6) is -1.31. The zero-order chi connectivity index (χ0) is 16.4. The van der Waals surface area contributed by atoms with Gasteiger partial charge in [0.2, 0.25) is 0 Å². The maximum atomic E-state index is 13.7. The summed E-state index contributed by atoms with van der Waals surface area (Å²) in [4.78, 5) is 0. The molecule has 0 fully saturated rings. The Morgan fingerprint density at radius 1 is 1.22 bits per heavy atom. The number of alkyl halides is 2. The van der Waals surface area contributed by atoms with Crippen molar-refractivity contribution in [3.05, 3.63) is 65.0 Å². The van der Waals surface area contributed by atoms with Crippen LogP contribution in [0.25, 0.3) is 0 Å². The molecule has 3 nitrogen and oxygen atoms in total. The van der Waals surface area contributed by atoms with Gasteiger partial charge in [0.05, 0.1) is 12.1 Å². The number of ether oxygens (including phenoxy) is 1. The summed E-state index contributed by atoms with van der Waals surface area (Å²) in [6, 6.07) is 11.4. The number of benzene rings is 2. The van der Waals surface area contributed by atoms with E-state index in [-0.39, 0.29) is 6.04 Å². The lowest BCUT2D eigenvalue weighted by Gasteiger charge is -2.18. The van der Waals surface area contributed by atoms with Crippen LogP contribution in [0.1, 0.15) is 22.7 Å². The van der Waals surface area contributed by atoms with Crippen LogP contribution >= 0.6 is 0 Å². The van der Waals surface area contributed by atoms with Gasteiger partial charge in [-0.1, -0.05) is 30.3 Å². The normalized spacial score (nSPS) is 19.9. The first-order valence-corrected chi connectivity index (χ1v) is 7.27. The van der Waals surface area contributed by atoms with E-state index >= 15 is 0 Å². The van der Waals surface area contributed by atoms with Crippen molar-refractivity contribution in [3.8, 4) is 5.75 Å². The molecule has 0 amide bonds. The summed E-state index contributed by atoms with van der Waals surface area (Å²) in [7, 11) is 0. The molecule has 1 aliphatic carbocycles. The van der Waals surface area contributed by atoms with Crippen LogP contribution in [0.4, 0.5) is 13.2 Å². The fourth-order valence-electron chi connectivity index (χ4n) is 2.89. The van der Waals surface area contributed by atoms with Crippen molar-refractivity contribution in [2.24, 2.45) is 0 Å². The fraction of sp³-hybridized carbons (Fsp3) is 0.294. The lowest BCUT2D eigenvalue weighted by molar-refractivity contribution is -0.0522. The first kappa shape index (κ1) is 15.8. The Morgan fingerprint density at radius 3 is 2.74 bits per heavy atom. The van der Waals surface area contributed by atoms with E-state index in [1.54, 1.807) is 0 Å². The van der Waals surface area contributed by atoms with Gasteiger partial charge in [0.15, 0.2) is 11.6 Å². The second kappa shape index (κ2) is 6.60. The number of halogens is 3. The van der Waals surface area contributed by atoms with Gasteiger partial charge >= 0.3 is 6.61 Å². The highest BCUT2D eigenvalue weighted by Gasteiger charge is 2.30. The SMILES string of the molecule is O[C@@H]1Cc2ccccc2[C@@H]1NCc1ccc(OC(F)F)c(F)c1. The molecule has 0 unspecified atom stereocenters. The number of nitrogens with one attached hydrogen (secondary N) is 1. The van der Waals surface area contributed by atoms with Crippen LogP contribution in [0.15, 0.2) is 42.5 Å². The van der Waals surface area contributed by atoms with Gasteiger partial charge in [0.1, 0.15) is 0 Å². The zero-order valence-corrected chi connectivity index (χ0v) is 12.2. The second-order valence-electron chi connectivity index (χ2n) is 5.47. The molecule has 2 aromatic carbocycles. The third-order valence-electron chi connectivity index (χ3n) is 3.94. The van der Waals surface area contributed by atoms with E-state index in [9.17, 15) is 18.3 Å². The predicted octanol–water partition coefficient (Wildman–Crippen LogP) is 3.18. The van der Waals surface area contributed by atoms with Crippen molar-refractivity contribution in [1.29, 1.82) is 0 Å². The molecule has 1 aliphatic rings. The molecule has 0 radical (unpaired) electrons. The molecule has 0 saturated carbocycles. The molecule has 0 spiro atoms. The molecule has 0 aliphatic heterocycles. The topological polar surface area (TPSA) is 41.5 Å². The highest BCUT2D eigenvalue weighted by atomic mass is 19.3. The van der Waals surface area contributed by atoms with Crippen molar-refractivity contribution in [2.45, 2.75) is 31.7 Å². The van der Waals surface area contributed by atoms with Crippen molar-refractivity contribution in [1.82, 2.24) is 5.32 Å². The maximum Gasteiger partial charge on any atom is 0.387 e. The molecule has 0 bridgehead atoms. The Hall–Kier alpha value is -2.05. The smallest absolute Gasteiger partial charge is 0.387 e. The van der Waals surface area contributed by atoms with E-state index < -0.39 is 24.3 Å². The fourth-order valence-corrected chi connectivity index (χ4v) is 2.89. The molecule has 2 aromatic rings. The van der Waals surface area contributed by atoms with E-state index in [1.165, 1.54) is 12.1 Å². The molecular weight excluding hydrogens is 307 g/mol. The van der Waals surface area contributed by atoms with Gasteiger partial charge in [-0.05, 0) is 28.8 Å². The highest BCUT2D eigenvalue weighted by molar-refractivity contribution is 5.36. The van der Waals surface area contributed by atoms with E-state index in [0.29, 0.717) is 18.5 Å². The van der Waals surface area contributed by atoms with Crippen LogP contribution in [-0.4, -0.2) is 17.8 Å². The predicted molar refractivity (Wildman–Crippen MR) is 78.8 cm³/mol. The van der Waals surface area contributed by atoms with Crippen LogP contribution in [0.5, 0.6) is 5.75 Å². The van der Waals surface area contributed by atoms with Gasteiger partial charge in [-0.15, -0.1) is 0 Å². The van der Waals surface area contributed by atoms with Crippen molar-refractivity contribution < 1.29 is 23.0 Å². The van der Waals surface area contributed by atoms with Gasteiger partial charge in [-0.25, -0.2) is 4.39 Å². The van der Waals surface area contributed by atoms with E-state index in [0.717, 1.165) is 17.2 Å². The average molecular weight is 323 g/mol. The number of aliphatic hydroxyl groups excluding tert-OH is 1. The quantitative estimate of drug-likeness (QED) is 0.888. The third kappa shape index (κ3) is 3.48. The Balaban J connectivity index is 1.68. The number of fused-ring (bicyclic) bond motifs is 1. The summed E-state index contributed by atoms with van der Waals surface area (Å²) < 4.78 is 42.0. The Kier molecular flexibility index (Phi) is 4.54. The molecular formula is C17H16F3NO2. The first-order chi connectivity index (χ1) is 11.0. The molecule has 3 rings (SSSR count). The zero-order valence-electron chi connectivity index (χ0n) is 12.2. The summed E-state index contributed by atoms with van der Waals surface area (Å²) in [6.45, 7) is -2.75. The minimum absolute atomic E-state index is 0.230. The van der Waals surface area contributed by atoms with Crippen LogP contribution in [0.3, 0.4) is 0 Å². The molecule has 2 N–H and O–H groups in total. The third-order valence-corrected chi connectivity index (χ3v) is 3.94. The number of aliphatic hydroxyl groups is 1. The van der Waals surface area contributed by atoms with E-state index in [2.05, 4.69) is 10.1 Å². The summed E-state index contributed by atoms with van der Waals surface area (Å²) in [6.07, 6.45) is 0.0299. The molecule has 2 atom stereocenters. The summed E-state index contributed by atoms with van der Waals surface area (Å²) in [5.41, 5.74) is 2.70. The largest absolute Gasteiger partial charge is 0.432 e. The Bertz CT molecular complexity index is 693. The average Bonchev–Trinajstić information content (AvgIpc) is 2.83. The highest BCUT2D eigenvalue weighted by Crippen LogP contribution is 2.31. The van der Waals surface area contributed by atoms with Gasteiger partial charge in [-0.3, -0.25) is 0 Å². The van der Waals surface area contributed by atoms with E-state index in [4.69, 9.17) is 0 Å². The second-order valence-corrected chi connectivity index (χ2v) is 5.47. The minimum atomic E-state index is -3.06. The molecule has 23 heavy (non-hydrogen) atoms. The van der Waals surface area contributed by atoms with Crippen molar-refractivity contribution in [3.63, 3.8) is 0 Å². The van der Waals surface area contributed by atoms with Gasteiger partial charge in [0, 0.05) is 13.0 Å². The molecule has 0 heterocycles. The molecule has 0 saturated heterocycles. The molecule has 122 valence electrons. The maximum absolute atomic E-state index is 13.7. The number of hydrogen-bond acceptors (Lipinski definition) is 3. The monoisotopic (exact) mass is 323 g/mol. The van der Waals surface area contributed by atoms with Crippen molar-refractivity contribution in [2.75, 3.05) is 0 Å². The number of rotatable bonds is 5. The first-order valence-electron chi connectivity index (χ1n) is 7.27. The molecule has 6 heteroatoms. The molecule has 0 aromatic heterocycles. The Labute approximate surface area is 131 Å². The van der Waals surface area contributed by atoms with Crippen LogP contribution in [0, 0.1) is 5.82 Å². The minimum Gasteiger partial charge on any atom is -0.432 e. The van der Waals surface area contributed by atoms with Gasteiger partial charge < -0.3 is 15.2 Å². The lowest BCUT2D eigenvalue weighted by Crippen LogP contribution is -2.28. The Morgan fingerprint density at radius 2 is 2.00 bits per heavy atom. The van der Waals surface area contributed by atoms with Gasteiger partial charge in [-0.2, -0.15) is 8.78 Å². The lowest BCUT2D eigenvalue weighted by atomic mass is 10.1. The van der Waals surface area contributed by atoms with Crippen LogP contribution < -0.4 is 10.1 Å². The van der Waals surface area contributed by atoms with Crippen LogP contribution in [0.2, 0.25) is 0 Å². The summed E-state index contributed by atoms with van der Waals surface area (Å²) >= 11 is 0.